The Bertz CT molecular complexity index is 1000. The van der Waals surface area contributed by atoms with Crippen molar-refractivity contribution in [1.29, 1.82) is 0 Å². The molecule has 0 N–H and O–H groups in total. The summed E-state index contributed by atoms with van der Waals surface area (Å²) in [5.41, 5.74) is 6.70. The SMILES string of the molecule is C=C1CCC(CC)(COc2c(CP)cc(-c3ccc(C4CCC(C)CC4)cc3F)cc2CP)CC1. The number of benzene rings is 2. The highest BCUT2D eigenvalue weighted by Gasteiger charge is 2.32. The summed E-state index contributed by atoms with van der Waals surface area (Å²) in [5.74, 6) is 2.19. The smallest absolute Gasteiger partial charge is 0.131 e. The Labute approximate surface area is 217 Å². The molecule has 0 spiro atoms. The van der Waals surface area contributed by atoms with Gasteiger partial charge in [-0.25, -0.2) is 4.39 Å². The van der Waals surface area contributed by atoms with Gasteiger partial charge in [-0.05, 0) is 110 Å². The summed E-state index contributed by atoms with van der Waals surface area (Å²) in [6, 6.07) is 10.2. The Balaban J connectivity index is 1.58. The lowest BCUT2D eigenvalue weighted by Gasteiger charge is -2.37. The van der Waals surface area contributed by atoms with E-state index in [0.717, 1.165) is 85.0 Å². The summed E-state index contributed by atoms with van der Waals surface area (Å²) in [6.45, 7) is 9.55. The molecule has 0 aromatic heterocycles. The maximum Gasteiger partial charge on any atom is 0.131 e. The monoisotopic (exact) mass is 512 g/mol. The molecule has 2 aliphatic carbocycles. The summed E-state index contributed by atoms with van der Waals surface area (Å²) in [4.78, 5) is 0. The maximum atomic E-state index is 15.4. The highest BCUT2D eigenvalue weighted by Crippen LogP contribution is 2.43. The quantitative estimate of drug-likeness (QED) is 0.253. The number of hydrogen-bond donors (Lipinski definition) is 0. The Hall–Kier alpha value is -1.23. The molecule has 190 valence electrons. The molecule has 2 saturated carbocycles. The van der Waals surface area contributed by atoms with Crippen molar-refractivity contribution < 1.29 is 9.13 Å². The van der Waals surface area contributed by atoms with Crippen LogP contribution in [0.4, 0.5) is 4.39 Å². The number of rotatable bonds is 8. The molecule has 2 fully saturated rings. The van der Waals surface area contributed by atoms with Crippen LogP contribution in [0.1, 0.15) is 94.2 Å². The molecule has 35 heavy (non-hydrogen) atoms. The third-order valence-corrected chi connectivity index (χ3v) is 9.64. The fourth-order valence-corrected chi connectivity index (χ4v) is 6.58. The van der Waals surface area contributed by atoms with E-state index in [-0.39, 0.29) is 11.2 Å². The Kier molecular flexibility index (Phi) is 9.10. The van der Waals surface area contributed by atoms with Crippen molar-refractivity contribution in [3.63, 3.8) is 0 Å². The summed E-state index contributed by atoms with van der Waals surface area (Å²) in [5, 5.41) is 0. The van der Waals surface area contributed by atoms with Gasteiger partial charge >= 0.3 is 0 Å². The number of allylic oxidation sites excluding steroid dienone is 1. The zero-order chi connectivity index (χ0) is 25.0. The highest BCUT2D eigenvalue weighted by atomic mass is 31.0. The van der Waals surface area contributed by atoms with Crippen LogP contribution in [0.15, 0.2) is 42.5 Å². The number of hydrogen-bond acceptors (Lipinski definition) is 1. The van der Waals surface area contributed by atoms with Crippen LogP contribution in [0, 0.1) is 17.2 Å². The van der Waals surface area contributed by atoms with Gasteiger partial charge in [0.2, 0.25) is 0 Å². The second-order valence-corrected chi connectivity index (χ2v) is 11.9. The van der Waals surface area contributed by atoms with Crippen LogP contribution in [0.5, 0.6) is 5.75 Å². The fraction of sp³-hybridized carbons (Fsp3) is 0.548. The van der Waals surface area contributed by atoms with Gasteiger partial charge in [-0.2, -0.15) is 0 Å². The van der Waals surface area contributed by atoms with Crippen molar-refractivity contribution in [1.82, 2.24) is 0 Å². The second-order valence-electron chi connectivity index (χ2n) is 11.1. The normalized spacial score (nSPS) is 22.3. The summed E-state index contributed by atoms with van der Waals surface area (Å²) in [6.07, 6.45) is 12.1. The van der Waals surface area contributed by atoms with Crippen LogP contribution in [0.2, 0.25) is 0 Å². The molecular weight excluding hydrogens is 469 g/mol. The molecule has 0 amide bonds. The molecular formula is C31H43FOP2. The lowest BCUT2D eigenvalue weighted by molar-refractivity contribution is 0.104. The molecule has 0 heterocycles. The summed E-state index contributed by atoms with van der Waals surface area (Å²) >= 11 is 0. The van der Waals surface area contributed by atoms with Crippen LogP contribution in [-0.2, 0) is 12.3 Å². The standard InChI is InChI=1S/C31H43FOP2/c1-4-31(13-11-22(3)12-14-31)20-33-30-26(18-34)15-25(16-27(30)19-35)28-10-9-24(17-29(28)32)23-7-5-21(2)6-8-23/h9-10,15-17,21,23H,3-8,11-14,18-20,34-35H2,1-2H3. The predicted molar refractivity (Wildman–Crippen MR) is 155 cm³/mol. The van der Waals surface area contributed by atoms with Crippen molar-refractivity contribution in [2.45, 2.75) is 89.9 Å². The van der Waals surface area contributed by atoms with E-state index in [2.05, 4.69) is 57.1 Å². The predicted octanol–water partition coefficient (Wildman–Crippen LogP) is 9.44. The van der Waals surface area contributed by atoms with Crippen LogP contribution in [0.25, 0.3) is 11.1 Å². The van der Waals surface area contributed by atoms with Gasteiger partial charge in [-0.15, -0.1) is 18.5 Å². The first-order valence-electron chi connectivity index (χ1n) is 13.5. The fourth-order valence-electron chi connectivity index (χ4n) is 5.97. The van der Waals surface area contributed by atoms with Crippen molar-refractivity contribution in [2.24, 2.45) is 11.3 Å². The third kappa shape index (κ3) is 6.19. The number of halogens is 1. The minimum atomic E-state index is -0.105. The van der Waals surface area contributed by atoms with E-state index in [1.165, 1.54) is 31.3 Å². The van der Waals surface area contributed by atoms with Crippen molar-refractivity contribution in [3.8, 4) is 16.9 Å². The Morgan fingerprint density at radius 1 is 1.00 bits per heavy atom. The van der Waals surface area contributed by atoms with Gasteiger partial charge < -0.3 is 4.74 Å². The van der Waals surface area contributed by atoms with Gasteiger partial charge in [0.15, 0.2) is 0 Å². The minimum absolute atomic E-state index is 0.105. The van der Waals surface area contributed by atoms with Gasteiger partial charge in [0.05, 0.1) is 6.61 Å². The molecule has 0 saturated heterocycles. The Morgan fingerprint density at radius 3 is 2.17 bits per heavy atom. The summed E-state index contributed by atoms with van der Waals surface area (Å²) < 4.78 is 22.0. The molecule has 2 aromatic carbocycles. The van der Waals surface area contributed by atoms with Gasteiger partial charge in [0.25, 0.3) is 0 Å². The van der Waals surface area contributed by atoms with E-state index < -0.39 is 0 Å². The third-order valence-electron chi connectivity index (χ3n) is 8.76. The lowest BCUT2D eigenvalue weighted by Crippen LogP contribution is -2.31. The molecule has 2 aromatic rings. The van der Waals surface area contributed by atoms with Gasteiger partial charge in [0, 0.05) is 11.0 Å². The highest BCUT2D eigenvalue weighted by molar-refractivity contribution is 7.15. The van der Waals surface area contributed by atoms with E-state index in [9.17, 15) is 0 Å². The first-order valence-corrected chi connectivity index (χ1v) is 15.2. The van der Waals surface area contributed by atoms with Crippen molar-refractivity contribution in [2.75, 3.05) is 6.61 Å². The van der Waals surface area contributed by atoms with E-state index in [4.69, 9.17) is 4.74 Å². The molecule has 4 rings (SSSR count). The van der Waals surface area contributed by atoms with E-state index in [0.29, 0.717) is 11.5 Å². The molecule has 2 unspecified atom stereocenters. The van der Waals surface area contributed by atoms with Crippen molar-refractivity contribution >= 4 is 18.5 Å². The van der Waals surface area contributed by atoms with Crippen LogP contribution in [0.3, 0.4) is 0 Å². The largest absolute Gasteiger partial charge is 0.492 e. The molecule has 0 bridgehead atoms. The van der Waals surface area contributed by atoms with Gasteiger partial charge in [0.1, 0.15) is 11.6 Å². The van der Waals surface area contributed by atoms with Crippen LogP contribution < -0.4 is 4.74 Å². The molecule has 0 radical (unpaired) electrons. The van der Waals surface area contributed by atoms with Crippen molar-refractivity contribution in [3.05, 3.63) is 65.0 Å². The van der Waals surface area contributed by atoms with E-state index >= 15 is 4.39 Å². The topological polar surface area (TPSA) is 9.23 Å². The van der Waals surface area contributed by atoms with E-state index in [1.54, 1.807) is 6.07 Å². The van der Waals surface area contributed by atoms with E-state index in [1.807, 2.05) is 6.07 Å². The van der Waals surface area contributed by atoms with Gasteiger partial charge in [-0.1, -0.05) is 51.0 Å². The second kappa shape index (κ2) is 11.9. The number of ether oxygens (including phenoxy) is 1. The first-order chi connectivity index (χ1) is 16.9. The summed E-state index contributed by atoms with van der Waals surface area (Å²) in [7, 11) is 5.68. The lowest BCUT2D eigenvalue weighted by atomic mass is 9.71. The average Bonchev–Trinajstić information content (AvgIpc) is 2.88. The molecule has 0 aliphatic heterocycles. The van der Waals surface area contributed by atoms with Crippen LogP contribution >= 0.6 is 18.5 Å². The van der Waals surface area contributed by atoms with Crippen LogP contribution in [-0.4, -0.2) is 6.61 Å². The average molecular weight is 513 g/mol. The zero-order valence-electron chi connectivity index (χ0n) is 21.7. The molecule has 4 heteroatoms. The first kappa shape index (κ1) is 26.8. The van der Waals surface area contributed by atoms with Gasteiger partial charge in [-0.3, -0.25) is 0 Å². The molecule has 2 aliphatic rings. The molecule has 2 atom stereocenters. The Morgan fingerprint density at radius 2 is 1.63 bits per heavy atom. The molecule has 1 nitrogen and oxygen atoms in total. The maximum absolute atomic E-state index is 15.4. The zero-order valence-corrected chi connectivity index (χ0v) is 24.0. The minimum Gasteiger partial charge on any atom is -0.492 e.